The Morgan fingerprint density at radius 3 is 2.52 bits per heavy atom. The van der Waals surface area contributed by atoms with Crippen molar-refractivity contribution in [1.82, 2.24) is 0 Å². The van der Waals surface area contributed by atoms with Crippen LogP contribution in [0.1, 0.15) is 46.0 Å². The highest BCUT2D eigenvalue weighted by atomic mass is 16.3. The summed E-state index contributed by atoms with van der Waals surface area (Å²) < 4.78 is 0. The summed E-state index contributed by atoms with van der Waals surface area (Å²) in [7, 11) is 0. The van der Waals surface area contributed by atoms with E-state index < -0.39 is 28.5 Å². The molecule has 136 valence electrons. The van der Waals surface area contributed by atoms with Crippen molar-refractivity contribution in [3.63, 3.8) is 0 Å². The molecule has 0 amide bonds. The third-order valence-corrected chi connectivity index (χ3v) is 6.54. The molecule has 3 aliphatic rings. The van der Waals surface area contributed by atoms with Crippen molar-refractivity contribution in [1.29, 1.82) is 0 Å². The monoisotopic (exact) mass is 346 g/mol. The molecular weight excluding hydrogens is 320 g/mol. The number of rotatable bonds is 3. The molecule has 3 rings (SSSR count). The predicted molar refractivity (Wildman–Crippen MR) is 92.8 cm³/mol. The van der Waals surface area contributed by atoms with E-state index in [4.69, 9.17) is 0 Å². The standard InChI is InChI=1S/C20H26O5/c1-4-6-11-15(23)12-9-13(22)18-19(2,10-21)7-5-8-20(18,3)14(12)17(25)16(11)24/h4,13,18,21-23H,1,5-10H2,2-3H3/t13-,18+,19-,20-/m1/s1. The first-order chi connectivity index (χ1) is 11.7. The second-order valence-corrected chi connectivity index (χ2v) is 8.16. The van der Waals surface area contributed by atoms with Crippen LogP contribution in [0.2, 0.25) is 0 Å². The summed E-state index contributed by atoms with van der Waals surface area (Å²) in [6.45, 7) is 7.31. The van der Waals surface area contributed by atoms with Gasteiger partial charge in [-0.25, -0.2) is 0 Å². The lowest BCUT2D eigenvalue weighted by molar-refractivity contribution is -0.138. The maximum atomic E-state index is 12.9. The normalized spacial score (nSPS) is 38.6. The number of Topliss-reactive ketones (excluding diaryl/α,β-unsaturated/α-hetero) is 2. The van der Waals surface area contributed by atoms with Gasteiger partial charge >= 0.3 is 0 Å². The second kappa shape index (κ2) is 5.92. The van der Waals surface area contributed by atoms with Crippen LogP contribution < -0.4 is 0 Å². The predicted octanol–water partition coefficient (Wildman–Crippen LogP) is 2.39. The van der Waals surface area contributed by atoms with Gasteiger partial charge in [-0.2, -0.15) is 0 Å². The molecule has 0 aromatic rings. The largest absolute Gasteiger partial charge is 0.507 e. The first-order valence-corrected chi connectivity index (χ1v) is 8.86. The minimum absolute atomic E-state index is 0.0636. The average molecular weight is 346 g/mol. The van der Waals surface area contributed by atoms with Crippen molar-refractivity contribution in [3.8, 4) is 0 Å². The van der Waals surface area contributed by atoms with Crippen molar-refractivity contribution >= 4 is 11.6 Å². The summed E-state index contributed by atoms with van der Waals surface area (Å²) in [6.07, 6.45) is 3.14. The molecule has 5 nitrogen and oxygen atoms in total. The Kier molecular flexibility index (Phi) is 4.28. The number of aliphatic hydroxyl groups excluding tert-OH is 3. The molecule has 0 aliphatic heterocycles. The van der Waals surface area contributed by atoms with Gasteiger partial charge in [0.05, 0.1) is 6.10 Å². The Hall–Kier alpha value is -1.72. The molecule has 4 atom stereocenters. The molecule has 0 aromatic carbocycles. The Morgan fingerprint density at radius 1 is 1.24 bits per heavy atom. The highest BCUT2D eigenvalue weighted by Crippen LogP contribution is 2.61. The molecule has 0 saturated heterocycles. The Balaban J connectivity index is 2.23. The first kappa shape index (κ1) is 18.1. The van der Waals surface area contributed by atoms with Gasteiger partial charge in [-0.05, 0) is 24.7 Å². The zero-order chi connectivity index (χ0) is 18.6. The fourth-order valence-electron chi connectivity index (χ4n) is 5.55. The molecule has 3 aliphatic carbocycles. The molecule has 1 saturated carbocycles. The molecule has 25 heavy (non-hydrogen) atoms. The number of hydrogen-bond donors (Lipinski definition) is 3. The van der Waals surface area contributed by atoms with E-state index in [1.54, 1.807) is 0 Å². The summed E-state index contributed by atoms with van der Waals surface area (Å²) in [5.74, 6) is -1.76. The fourth-order valence-corrected chi connectivity index (χ4v) is 5.55. The van der Waals surface area contributed by atoms with Crippen LogP contribution in [0.3, 0.4) is 0 Å². The Labute approximate surface area is 147 Å². The van der Waals surface area contributed by atoms with E-state index >= 15 is 0 Å². The fraction of sp³-hybridized carbons (Fsp3) is 0.600. The quantitative estimate of drug-likeness (QED) is 0.414. The van der Waals surface area contributed by atoms with Gasteiger partial charge in [-0.1, -0.05) is 26.3 Å². The maximum absolute atomic E-state index is 12.9. The van der Waals surface area contributed by atoms with Gasteiger partial charge in [-0.3, -0.25) is 9.59 Å². The average Bonchev–Trinajstić information content (AvgIpc) is 2.56. The molecule has 5 heteroatoms. The number of ketones is 2. The number of fused-ring (bicyclic) bond motifs is 2. The first-order valence-electron chi connectivity index (χ1n) is 8.86. The molecular formula is C20H26O5. The van der Waals surface area contributed by atoms with Crippen LogP contribution in [-0.4, -0.2) is 39.6 Å². The van der Waals surface area contributed by atoms with Crippen molar-refractivity contribution < 1.29 is 24.9 Å². The summed E-state index contributed by atoms with van der Waals surface area (Å²) >= 11 is 0. The van der Waals surface area contributed by atoms with Crippen LogP contribution in [0, 0.1) is 16.7 Å². The molecule has 0 radical (unpaired) electrons. The van der Waals surface area contributed by atoms with E-state index in [0.717, 1.165) is 12.8 Å². The van der Waals surface area contributed by atoms with Crippen LogP contribution >= 0.6 is 0 Å². The second-order valence-electron chi connectivity index (χ2n) is 8.16. The number of carbonyl (C=O) groups excluding carboxylic acids is 2. The van der Waals surface area contributed by atoms with Crippen molar-refractivity contribution in [2.24, 2.45) is 16.7 Å². The van der Waals surface area contributed by atoms with Crippen LogP contribution in [-0.2, 0) is 9.59 Å². The minimum Gasteiger partial charge on any atom is -0.507 e. The van der Waals surface area contributed by atoms with Gasteiger partial charge in [0.2, 0.25) is 11.6 Å². The molecule has 3 N–H and O–H groups in total. The van der Waals surface area contributed by atoms with E-state index in [1.165, 1.54) is 6.08 Å². The van der Waals surface area contributed by atoms with Gasteiger partial charge in [0, 0.05) is 41.1 Å². The molecule has 0 aromatic heterocycles. The highest BCUT2D eigenvalue weighted by molar-refractivity contribution is 6.50. The summed E-state index contributed by atoms with van der Waals surface area (Å²) in [5, 5.41) is 31.5. The third-order valence-electron chi connectivity index (χ3n) is 6.54. The summed E-state index contributed by atoms with van der Waals surface area (Å²) in [4.78, 5) is 25.5. The number of aliphatic hydroxyl groups is 3. The maximum Gasteiger partial charge on any atom is 0.233 e. The van der Waals surface area contributed by atoms with Crippen LogP contribution in [0.4, 0.5) is 0 Å². The van der Waals surface area contributed by atoms with E-state index in [2.05, 4.69) is 6.58 Å². The zero-order valence-electron chi connectivity index (χ0n) is 14.8. The lowest BCUT2D eigenvalue weighted by Crippen LogP contribution is -2.56. The SMILES string of the molecule is C=CCC1=C(O)C2=C(C(=O)C1=O)[C@@]1(C)CCC[C@](C)(CO)[C@@H]1[C@H](O)C2. The molecule has 0 unspecified atom stereocenters. The zero-order valence-corrected chi connectivity index (χ0v) is 14.8. The van der Waals surface area contributed by atoms with E-state index in [-0.39, 0.29) is 36.7 Å². The van der Waals surface area contributed by atoms with Crippen LogP contribution in [0.25, 0.3) is 0 Å². The lowest BCUT2D eigenvalue weighted by atomic mass is 9.47. The Morgan fingerprint density at radius 2 is 1.92 bits per heavy atom. The van der Waals surface area contributed by atoms with Crippen molar-refractivity contribution in [2.45, 2.75) is 52.1 Å². The topological polar surface area (TPSA) is 94.8 Å². The van der Waals surface area contributed by atoms with Gasteiger partial charge in [0.1, 0.15) is 5.76 Å². The third kappa shape index (κ3) is 2.36. The van der Waals surface area contributed by atoms with E-state index in [9.17, 15) is 24.9 Å². The van der Waals surface area contributed by atoms with Crippen LogP contribution in [0.5, 0.6) is 0 Å². The molecule has 0 bridgehead atoms. The summed E-state index contributed by atoms with van der Waals surface area (Å²) in [5.41, 5.74) is -0.445. The van der Waals surface area contributed by atoms with Crippen molar-refractivity contribution in [3.05, 3.63) is 35.1 Å². The summed E-state index contributed by atoms with van der Waals surface area (Å²) in [6, 6.07) is 0. The van der Waals surface area contributed by atoms with Gasteiger partial charge in [0.25, 0.3) is 0 Å². The van der Waals surface area contributed by atoms with Crippen molar-refractivity contribution in [2.75, 3.05) is 6.61 Å². The smallest absolute Gasteiger partial charge is 0.233 e. The van der Waals surface area contributed by atoms with Gasteiger partial charge in [-0.15, -0.1) is 6.58 Å². The minimum atomic E-state index is -0.783. The Bertz CT molecular complexity index is 716. The van der Waals surface area contributed by atoms with E-state index in [1.807, 2.05) is 13.8 Å². The number of hydrogen-bond acceptors (Lipinski definition) is 5. The van der Waals surface area contributed by atoms with E-state index in [0.29, 0.717) is 17.6 Å². The molecule has 1 fully saturated rings. The van der Waals surface area contributed by atoms with Gasteiger partial charge in [0.15, 0.2) is 0 Å². The number of carbonyl (C=O) groups is 2. The van der Waals surface area contributed by atoms with Crippen LogP contribution in [0.15, 0.2) is 35.1 Å². The highest BCUT2D eigenvalue weighted by Gasteiger charge is 2.59. The lowest BCUT2D eigenvalue weighted by Gasteiger charge is -2.57. The number of allylic oxidation sites excluding steroid dienone is 4. The molecule has 0 spiro atoms. The molecule has 0 heterocycles. The van der Waals surface area contributed by atoms with Gasteiger partial charge < -0.3 is 15.3 Å².